The Morgan fingerprint density at radius 1 is 1.43 bits per heavy atom. The van der Waals surface area contributed by atoms with Crippen LogP contribution in [0.25, 0.3) is 11.5 Å². The Labute approximate surface area is 122 Å². The van der Waals surface area contributed by atoms with Crippen molar-refractivity contribution in [2.24, 2.45) is 0 Å². The molecule has 2 aromatic rings. The lowest BCUT2D eigenvalue weighted by atomic mass is 10.0. The number of ether oxygens (including phenoxy) is 1. The lowest BCUT2D eigenvalue weighted by Crippen LogP contribution is -2.27. The maximum absolute atomic E-state index is 8.90. The van der Waals surface area contributed by atoms with Crippen LogP contribution in [0.4, 0.5) is 0 Å². The molecule has 21 heavy (non-hydrogen) atoms. The van der Waals surface area contributed by atoms with Crippen molar-refractivity contribution in [3.8, 4) is 17.5 Å². The van der Waals surface area contributed by atoms with Gasteiger partial charge >= 0.3 is 0 Å². The fraction of sp³-hybridized carbons (Fsp3) is 0.467. The second-order valence-corrected chi connectivity index (χ2v) is 5.10. The molecule has 6 nitrogen and oxygen atoms in total. The van der Waals surface area contributed by atoms with E-state index in [1.54, 1.807) is 18.3 Å². The molecule has 1 saturated carbocycles. The molecule has 0 N–H and O–H groups in total. The smallest absolute Gasteiger partial charge is 0.258 e. The van der Waals surface area contributed by atoms with Crippen LogP contribution >= 0.6 is 0 Å². The van der Waals surface area contributed by atoms with E-state index in [4.69, 9.17) is 14.5 Å². The van der Waals surface area contributed by atoms with E-state index in [0.717, 1.165) is 25.7 Å². The van der Waals surface area contributed by atoms with Gasteiger partial charge in [-0.1, -0.05) is 5.16 Å². The first-order valence-corrected chi connectivity index (χ1v) is 7.12. The zero-order valence-electron chi connectivity index (χ0n) is 11.9. The molecule has 0 spiro atoms. The van der Waals surface area contributed by atoms with E-state index < -0.39 is 5.60 Å². The van der Waals surface area contributed by atoms with E-state index in [1.807, 2.05) is 13.0 Å². The maximum atomic E-state index is 8.90. The summed E-state index contributed by atoms with van der Waals surface area (Å²) in [4.78, 5) is 8.42. The summed E-state index contributed by atoms with van der Waals surface area (Å²) in [6.45, 7) is 2.60. The number of rotatable bonds is 4. The molecule has 2 aromatic heterocycles. The molecule has 0 aliphatic heterocycles. The first-order valence-electron chi connectivity index (χ1n) is 7.12. The predicted octanol–water partition coefficient (Wildman–Crippen LogP) is 2.81. The second kappa shape index (κ2) is 5.62. The molecule has 0 unspecified atom stereocenters. The van der Waals surface area contributed by atoms with Crippen LogP contribution in [0, 0.1) is 11.3 Å². The van der Waals surface area contributed by atoms with Crippen molar-refractivity contribution in [1.29, 1.82) is 5.26 Å². The molecule has 1 fully saturated rings. The molecule has 1 aliphatic carbocycles. The van der Waals surface area contributed by atoms with Crippen molar-refractivity contribution in [3.05, 3.63) is 29.8 Å². The van der Waals surface area contributed by atoms with Gasteiger partial charge in [-0.25, -0.2) is 4.98 Å². The summed E-state index contributed by atoms with van der Waals surface area (Å²) in [5, 5.41) is 13.0. The van der Waals surface area contributed by atoms with Crippen LogP contribution in [-0.4, -0.2) is 21.7 Å². The summed E-state index contributed by atoms with van der Waals surface area (Å²) in [6, 6.07) is 5.39. The average molecular weight is 284 g/mol. The lowest BCUT2D eigenvalue weighted by molar-refractivity contribution is -0.0469. The van der Waals surface area contributed by atoms with Crippen LogP contribution in [0.15, 0.2) is 22.9 Å². The van der Waals surface area contributed by atoms with Crippen LogP contribution in [-0.2, 0) is 10.3 Å². The van der Waals surface area contributed by atoms with Gasteiger partial charge in [-0.15, -0.1) is 0 Å². The molecule has 6 heteroatoms. The quantitative estimate of drug-likeness (QED) is 0.858. The van der Waals surface area contributed by atoms with Crippen LogP contribution in [0.3, 0.4) is 0 Å². The Bertz CT molecular complexity index is 668. The van der Waals surface area contributed by atoms with Gasteiger partial charge in [-0.2, -0.15) is 10.2 Å². The Hall–Kier alpha value is -2.26. The molecule has 0 aromatic carbocycles. The SMILES string of the molecule is CCOC1(c2noc(-c3ccnc(C#N)c3)n2)CCCC1. The highest BCUT2D eigenvalue weighted by Gasteiger charge is 2.40. The van der Waals surface area contributed by atoms with Crippen molar-refractivity contribution < 1.29 is 9.26 Å². The third-order valence-electron chi connectivity index (χ3n) is 3.79. The Morgan fingerprint density at radius 3 is 2.95 bits per heavy atom. The molecule has 0 bridgehead atoms. The predicted molar refractivity (Wildman–Crippen MR) is 74.0 cm³/mol. The molecular weight excluding hydrogens is 268 g/mol. The Morgan fingerprint density at radius 2 is 2.24 bits per heavy atom. The van der Waals surface area contributed by atoms with Gasteiger partial charge in [-0.05, 0) is 44.7 Å². The van der Waals surface area contributed by atoms with Crippen LogP contribution < -0.4 is 0 Å². The normalized spacial score (nSPS) is 16.8. The Kier molecular flexibility index (Phi) is 3.67. The fourth-order valence-corrected chi connectivity index (χ4v) is 2.81. The van der Waals surface area contributed by atoms with Gasteiger partial charge in [0.15, 0.2) is 0 Å². The first-order chi connectivity index (χ1) is 10.3. The van der Waals surface area contributed by atoms with Gasteiger partial charge in [0.2, 0.25) is 5.82 Å². The number of hydrogen-bond donors (Lipinski definition) is 0. The number of nitrogens with zero attached hydrogens (tertiary/aromatic N) is 4. The van der Waals surface area contributed by atoms with E-state index in [-0.39, 0.29) is 0 Å². The van der Waals surface area contributed by atoms with Crippen molar-refractivity contribution in [2.45, 2.75) is 38.2 Å². The third kappa shape index (κ3) is 2.52. The molecule has 1 aliphatic rings. The van der Waals surface area contributed by atoms with Crippen LogP contribution in [0.2, 0.25) is 0 Å². The minimum absolute atomic E-state index is 0.327. The molecule has 2 heterocycles. The molecule has 108 valence electrons. The number of pyridine rings is 1. The van der Waals surface area contributed by atoms with Gasteiger partial charge < -0.3 is 9.26 Å². The van der Waals surface area contributed by atoms with Gasteiger partial charge in [0.05, 0.1) is 0 Å². The third-order valence-corrected chi connectivity index (χ3v) is 3.79. The summed E-state index contributed by atoms with van der Waals surface area (Å²) < 4.78 is 11.3. The van der Waals surface area contributed by atoms with E-state index >= 15 is 0 Å². The summed E-state index contributed by atoms with van der Waals surface area (Å²) in [6.07, 6.45) is 5.61. The number of aromatic nitrogens is 3. The summed E-state index contributed by atoms with van der Waals surface area (Å²) in [5.41, 5.74) is 0.610. The highest BCUT2D eigenvalue weighted by Crippen LogP contribution is 2.41. The maximum Gasteiger partial charge on any atom is 0.258 e. The summed E-state index contributed by atoms with van der Waals surface area (Å²) in [7, 11) is 0. The van der Waals surface area contributed by atoms with E-state index in [2.05, 4.69) is 15.1 Å². The minimum atomic E-state index is -0.415. The zero-order chi connectivity index (χ0) is 14.7. The topological polar surface area (TPSA) is 84.8 Å². The van der Waals surface area contributed by atoms with E-state index in [0.29, 0.717) is 29.6 Å². The van der Waals surface area contributed by atoms with Crippen molar-refractivity contribution in [1.82, 2.24) is 15.1 Å². The summed E-state index contributed by atoms with van der Waals surface area (Å²) >= 11 is 0. The van der Waals surface area contributed by atoms with E-state index in [9.17, 15) is 0 Å². The Balaban J connectivity index is 1.94. The highest BCUT2D eigenvalue weighted by atomic mass is 16.5. The average Bonchev–Trinajstić information content (AvgIpc) is 3.17. The van der Waals surface area contributed by atoms with Crippen molar-refractivity contribution in [2.75, 3.05) is 6.61 Å². The van der Waals surface area contributed by atoms with Crippen LogP contribution in [0.1, 0.15) is 44.1 Å². The number of nitriles is 1. The zero-order valence-corrected chi connectivity index (χ0v) is 11.9. The minimum Gasteiger partial charge on any atom is -0.367 e. The van der Waals surface area contributed by atoms with Gasteiger partial charge in [-0.3, -0.25) is 0 Å². The highest BCUT2D eigenvalue weighted by molar-refractivity contribution is 5.54. The van der Waals surface area contributed by atoms with Crippen molar-refractivity contribution >= 4 is 0 Å². The standard InChI is InChI=1S/C15H16N4O2/c1-2-20-15(6-3-4-7-15)14-18-13(21-19-14)11-5-8-17-12(9-11)10-16/h5,8-9H,2-4,6-7H2,1H3. The van der Waals surface area contributed by atoms with Gasteiger partial charge in [0.25, 0.3) is 5.89 Å². The van der Waals surface area contributed by atoms with Gasteiger partial charge in [0.1, 0.15) is 17.4 Å². The van der Waals surface area contributed by atoms with E-state index in [1.165, 1.54) is 0 Å². The molecule has 0 radical (unpaired) electrons. The lowest BCUT2D eigenvalue weighted by Gasteiger charge is -2.24. The fourth-order valence-electron chi connectivity index (χ4n) is 2.81. The largest absolute Gasteiger partial charge is 0.367 e. The summed E-state index contributed by atoms with van der Waals surface area (Å²) in [5.74, 6) is 1.00. The second-order valence-electron chi connectivity index (χ2n) is 5.10. The first kappa shape index (κ1) is 13.7. The monoisotopic (exact) mass is 284 g/mol. The molecular formula is C15H16N4O2. The van der Waals surface area contributed by atoms with Crippen LogP contribution in [0.5, 0.6) is 0 Å². The molecule has 0 amide bonds. The molecule has 0 atom stereocenters. The van der Waals surface area contributed by atoms with Crippen molar-refractivity contribution in [3.63, 3.8) is 0 Å². The molecule has 3 rings (SSSR count). The molecule has 0 saturated heterocycles. The number of hydrogen-bond acceptors (Lipinski definition) is 6. The van der Waals surface area contributed by atoms with Gasteiger partial charge in [0, 0.05) is 18.4 Å².